The average Bonchev–Trinajstić information content (AvgIpc) is 2.77. The zero-order valence-electron chi connectivity index (χ0n) is 10.4. The molecule has 1 unspecified atom stereocenters. The molecule has 104 valence electrons. The van der Waals surface area contributed by atoms with E-state index in [1.165, 1.54) is 12.4 Å². The molecule has 1 aromatic rings. The van der Waals surface area contributed by atoms with E-state index in [9.17, 15) is 14.4 Å². The van der Waals surface area contributed by atoms with Gasteiger partial charge in [-0.2, -0.15) is 0 Å². The minimum Gasteiger partial charge on any atom is -0.476 e. The van der Waals surface area contributed by atoms with E-state index in [2.05, 4.69) is 10.3 Å². The van der Waals surface area contributed by atoms with E-state index in [0.29, 0.717) is 5.01 Å². The molecule has 8 nitrogen and oxygen atoms in total. The highest BCUT2D eigenvalue weighted by Crippen LogP contribution is 2.18. The number of aromatic nitrogens is 1. The second-order valence-corrected chi connectivity index (χ2v) is 4.76. The van der Waals surface area contributed by atoms with Gasteiger partial charge in [0.2, 0.25) is 5.91 Å². The maximum Gasteiger partial charge on any atom is 0.355 e. The monoisotopic (exact) mass is 286 g/mol. The summed E-state index contributed by atoms with van der Waals surface area (Å²) in [6, 6.07) is -0.945. The van der Waals surface area contributed by atoms with Crippen LogP contribution in [0.5, 0.6) is 0 Å². The van der Waals surface area contributed by atoms with Gasteiger partial charge in [0.25, 0.3) is 0 Å². The third-order valence-corrected chi connectivity index (χ3v) is 3.22. The minimum absolute atomic E-state index is 0.0633. The van der Waals surface area contributed by atoms with E-state index in [4.69, 9.17) is 10.8 Å². The van der Waals surface area contributed by atoms with Gasteiger partial charge in [0.15, 0.2) is 5.69 Å². The van der Waals surface area contributed by atoms with Crippen LogP contribution in [0.2, 0.25) is 0 Å². The Morgan fingerprint density at radius 2 is 2.21 bits per heavy atom. The highest BCUT2D eigenvalue weighted by molar-refractivity contribution is 7.09. The molecular formula is C10H14N4O4S. The number of carboxylic acids is 1. The molecule has 1 rings (SSSR count). The first-order valence-corrected chi connectivity index (χ1v) is 6.18. The molecule has 1 aromatic heterocycles. The zero-order chi connectivity index (χ0) is 14.6. The average molecular weight is 286 g/mol. The summed E-state index contributed by atoms with van der Waals surface area (Å²) in [6.07, 6.45) is 0. The number of carbonyl (C=O) groups excluding carboxylic acids is 2. The number of carbonyl (C=O) groups is 3. The van der Waals surface area contributed by atoms with Gasteiger partial charge >= 0.3 is 12.0 Å². The van der Waals surface area contributed by atoms with Crippen LogP contribution in [0, 0.1) is 0 Å². The van der Waals surface area contributed by atoms with Crippen LogP contribution in [0.3, 0.4) is 0 Å². The number of nitrogens with one attached hydrogen (secondary N) is 1. The van der Waals surface area contributed by atoms with E-state index >= 15 is 0 Å². The van der Waals surface area contributed by atoms with Crippen molar-refractivity contribution in [3.8, 4) is 0 Å². The molecular weight excluding hydrogens is 272 g/mol. The number of hydrogen-bond donors (Lipinski definition) is 3. The lowest BCUT2D eigenvalue weighted by Gasteiger charge is -2.18. The Labute approximate surface area is 113 Å². The fraction of sp³-hybridized carbons (Fsp3) is 0.400. The van der Waals surface area contributed by atoms with Gasteiger partial charge in [0.1, 0.15) is 11.6 Å². The second kappa shape index (κ2) is 6.14. The number of likely N-dealkylation sites (N-methyl/N-ethyl adjacent to an activating group) is 1. The number of primary amides is 1. The maximum atomic E-state index is 11.7. The van der Waals surface area contributed by atoms with E-state index in [0.717, 1.165) is 16.2 Å². The molecule has 0 bridgehead atoms. The van der Waals surface area contributed by atoms with Crippen LogP contribution in [-0.2, 0) is 4.79 Å². The Morgan fingerprint density at radius 3 is 2.68 bits per heavy atom. The van der Waals surface area contributed by atoms with Gasteiger partial charge < -0.3 is 21.1 Å². The number of hydrogen-bond acceptors (Lipinski definition) is 5. The summed E-state index contributed by atoms with van der Waals surface area (Å²) in [5.74, 6) is -1.74. The second-order valence-electron chi connectivity index (χ2n) is 3.87. The van der Waals surface area contributed by atoms with Crippen molar-refractivity contribution in [1.29, 1.82) is 0 Å². The molecule has 0 saturated heterocycles. The number of amides is 3. The summed E-state index contributed by atoms with van der Waals surface area (Å²) in [7, 11) is 1.43. The largest absolute Gasteiger partial charge is 0.476 e. The van der Waals surface area contributed by atoms with Crippen LogP contribution in [0.25, 0.3) is 0 Å². The summed E-state index contributed by atoms with van der Waals surface area (Å²) < 4.78 is 0. The molecule has 0 fully saturated rings. The van der Waals surface area contributed by atoms with Gasteiger partial charge in [-0.1, -0.05) is 0 Å². The number of aromatic carboxylic acids is 1. The summed E-state index contributed by atoms with van der Waals surface area (Å²) in [6.45, 7) is 1.47. The molecule has 1 heterocycles. The lowest BCUT2D eigenvalue weighted by molar-refractivity contribution is -0.118. The fourth-order valence-electron chi connectivity index (χ4n) is 1.25. The first-order valence-electron chi connectivity index (χ1n) is 5.30. The van der Waals surface area contributed by atoms with Crippen molar-refractivity contribution in [1.82, 2.24) is 15.2 Å². The molecule has 4 N–H and O–H groups in total. The minimum atomic E-state index is -1.12. The van der Waals surface area contributed by atoms with Gasteiger partial charge in [0, 0.05) is 12.4 Å². The molecule has 0 radical (unpaired) electrons. The van der Waals surface area contributed by atoms with Crippen LogP contribution in [0.1, 0.15) is 28.5 Å². The third-order valence-electron chi connectivity index (χ3n) is 2.19. The first-order chi connectivity index (χ1) is 8.81. The van der Waals surface area contributed by atoms with Crippen LogP contribution in [0.15, 0.2) is 5.38 Å². The Balaban J connectivity index is 2.63. The van der Waals surface area contributed by atoms with E-state index in [-0.39, 0.29) is 12.2 Å². The van der Waals surface area contributed by atoms with Crippen molar-refractivity contribution in [3.63, 3.8) is 0 Å². The molecule has 0 saturated carbocycles. The molecule has 9 heteroatoms. The number of carboxylic acid groups (broad SMARTS) is 1. The predicted molar refractivity (Wildman–Crippen MR) is 67.8 cm³/mol. The Kier molecular flexibility index (Phi) is 4.81. The molecule has 0 aromatic carbocycles. The highest BCUT2D eigenvalue weighted by atomic mass is 32.1. The maximum absolute atomic E-state index is 11.7. The van der Waals surface area contributed by atoms with Crippen LogP contribution in [0.4, 0.5) is 4.79 Å². The van der Waals surface area contributed by atoms with Gasteiger partial charge in [-0.25, -0.2) is 14.6 Å². The third kappa shape index (κ3) is 4.21. The lowest BCUT2D eigenvalue weighted by atomic mass is 10.3. The van der Waals surface area contributed by atoms with Crippen molar-refractivity contribution in [2.75, 3.05) is 13.6 Å². The van der Waals surface area contributed by atoms with Gasteiger partial charge in [0.05, 0.1) is 6.04 Å². The van der Waals surface area contributed by atoms with Crippen LogP contribution in [-0.4, -0.2) is 46.5 Å². The zero-order valence-corrected chi connectivity index (χ0v) is 11.2. The van der Waals surface area contributed by atoms with E-state index in [1.807, 2.05) is 0 Å². The lowest BCUT2D eigenvalue weighted by Crippen LogP contribution is -2.42. The topological polar surface area (TPSA) is 126 Å². The Hall–Kier alpha value is -2.16. The first kappa shape index (κ1) is 14.9. The summed E-state index contributed by atoms with van der Waals surface area (Å²) in [5, 5.41) is 13.2. The van der Waals surface area contributed by atoms with Gasteiger partial charge in [-0.05, 0) is 6.92 Å². The Morgan fingerprint density at radius 1 is 1.58 bits per heavy atom. The van der Waals surface area contributed by atoms with Crippen molar-refractivity contribution >= 4 is 29.2 Å². The molecule has 0 spiro atoms. The molecule has 19 heavy (non-hydrogen) atoms. The SMILES string of the molecule is CC(NC(=O)N(C)CC(N)=O)c1nc(C(=O)O)cs1. The van der Waals surface area contributed by atoms with Gasteiger partial charge in [-0.15, -0.1) is 11.3 Å². The van der Waals surface area contributed by atoms with E-state index < -0.39 is 23.9 Å². The number of thiazole rings is 1. The highest BCUT2D eigenvalue weighted by Gasteiger charge is 2.18. The standard InChI is InChI=1S/C10H14N4O4S/c1-5(8-13-6(4-19-8)9(16)17)12-10(18)14(2)3-7(11)15/h4-5H,3H2,1-2H3,(H2,11,15)(H,12,18)(H,16,17). The van der Waals surface area contributed by atoms with Crippen molar-refractivity contribution in [2.45, 2.75) is 13.0 Å². The Bertz CT molecular complexity index is 501. The predicted octanol–water partition coefficient (Wildman–Crippen LogP) is 0.0290. The number of nitrogens with zero attached hydrogens (tertiary/aromatic N) is 2. The number of rotatable bonds is 5. The van der Waals surface area contributed by atoms with Crippen LogP contribution >= 0.6 is 11.3 Å². The molecule has 0 aliphatic carbocycles. The molecule has 3 amide bonds. The number of nitrogens with two attached hydrogens (primary N) is 1. The summed E-state index contributed by atoms with van der Waals surface area (Å²) in [5.41, 5.74) is 4.91. The van der Waals surface area contributed by atoms with Crippen molar-refractivity contribution in [3.05, 3.63) is 16.1 Å². The quantitative estimate of drug-likeness (QED) is 0.704. The molecule has 0 aliphatic rings. The van der Waals surface area contributed by atoms with Crippen molar-refractivity contribution in [2.24, 2.45) is 5.73 Å². The number of urea groups is 1. The summed E-state index contributed by atoms with van der Waals surface area (Å²) in [4.78, 5) is 38.0. The van der Waals surface area contributed by atoms with E-state index in [1.54, 1.807) is 6.92 Å². The van der Waals surface area contributed by atoms with Crippen LogP contribution < -0.4 is 11.1 Å². The van der Waals surface area contributed by atoms with Gasteiger partial charge in [-0.3, -0.25) is 4.79 Å². The summed E-state index contributed by atoms with van der Waals surface area (Å²) >= 11 is 1.14. The normalized spacial score (nSPS) is 11.7. The smallest absolute Gasteiger partial charge is 0.355 e. The fourth-order valence-corrected chi connectivity index (χ4v) is 2.05. The van der Waals surface area contributed by atoms with Crippen molar-refractivity contribution < 1.29 is 19.5 Å². The molecule has 1 atom stereocenters. The molecule has 0 aliphatic heterocycles.